The lowest BCUT2D eigenvalue weighted by molar-refractivity contribution is -0.117. The zero-order chi connectivity index (χ0) is 19.8. The number of nitrogens with one attached hydrogen (secondary N) is 1. The first-order valence-corrected chi connectivity index (χ1v) is 10.1. The molecule has 0 spiro atoms. The number of carbonyl (C=O) groups is 1. The quantitative estimate of drug-likeness (QED) is 0.732. The molecular formula is C23H30N2O3. The molecule has 28 heavy (non-hydrogen) atoms. The fourth-order valence-electron chi connectivity index (χ4n) is 3.38. The standard InChI is InChI=1S/C23H30N2O3/c1-3-27-17-19-12-14-25(15-13-19)16-23(26)24-21-6-4-5-7-22(21)28-20-10-8-18(2)9-11-20/h4-11,19H,3,12-17H2,1-2H3,(H,24,26). The summed E-state index contributed by atoms with van der Waals surface area (Å²) in [7, 11) is 0. The van der Waals surface area contributed by atoms with Gasteiger partial charge in [-0.15, -0.1) is 0 Å². The Morgan fingerprint density at radius 3 is 2.54 bits per heavy atom. The summed E-state index contributed by atoms with van der Waals surface area (Å²) in [6.45, 7) is 7.95. The zero-order valence-electron chi connectivity index (χ0n) is 16.8. The molecule has 2 aromatic rings. The molecule has 2 aromatic carbocycles. The van der Waals surface area contributed by atoms with Crippen LogP contribution in [0.4, 0.5) is 5.69 Å². The predicted octanol–water partition coefficient (Wildman–Crippen LogP) is 4.47. The number of aryl methyl sites for hydroxylation is 1. The Morgan fingerprint density at radius 2 is 1.82 bits per heavy atom. The van der Waals surface area contributed by atoms with Crippen molar-refractivity contribution in [2.45, 2.75) is 26.7 Å². The van der Waals surface area contributed by atoms with Crippen molar-refractivity contribution >= 4 is 11.6 Å². The van der Waals surface area contributed by atoms with Crippen LogP contribution >= 0.6 is 0 Å². The molecule has 0 aromatic heterocycles. The maximum absolute atomic E-state index is 12.6. The highest BCUT2D eigenvalue weighted by Gasteiger charge is 2.21. The van der Waals surface area contributed by atoms with E-state index in [4.69, 9.17) is 9.47 Å². The average Bonchev–Trinajstić information content (AvgIpc) is 2.70. The van der Waals surface area contributed by atoms with Crippen LogP contribution in [0.1, 0.15) is 25.3 Å². The molecule has 1 amide bonds. The first kappa shape index (κ1) is 20.4. The van der Waals surface area contributed by atoms with Crippen LogP contribution in [0, 0.1) is 12.8 Å². The van der Waals surface area contributed by atoms with Gasteiger partial charge in [-0.05, 0) is 70.0 Å². The first-order chi connectivity index (χ1) is 13.6. The molecule has 1 heterocycles. The average molecular weight is 383 g/mol. The number of nitrogens with zero attached hydrogens (tertiary/aromatic N) is 1. The van der Waals surface area contributed by atoms with Gasteiger partial charge in [0.05, 0.1) is 12.2 Å². The summed E-state index contributed by atoms with van der Waals surface area (Å²) in [6.07, 6.45) is 2.17. The van der Waals surface area contributed by atoms with Crippen LogP contribution in [0.2, 0.25) is 0 Å². The van der Waals surface area contributed by atoms with Crippen molar-refractivity contribution in [1.82, 2.24) is 4.90 Å². The van der Waals surface area contributed by atoms with E-state index >= 15 is 0 Å². The second kappa shape index (κ2) is 10.2. The van der Waals surface area contributed by atoms with E-state index in [0.717, 1.165) is 44.9 Å². The third-order valence-corrected chi connectivity index (χ3v) is 5.04. The zero-order valence-corrected chi connectivity index (χ0v) is 16.8. The van der Waals surface area contributed by atoms with Gasteiger partial charge in [0.15, 0.2) is 5.75 Å². The van der Waals surface area contributed by atoms with Crippen molar-refractivity contribution in [3.8, 4) is 11.5 Å². The smallest absolute Gasteiger partial charge is 0.238 e. The van der Waals surface area contributed by atoms with Crippen LogP contribution in [0.15, 0.2) is 48.5 Å². The minimum absolute atomic E-state index is 0.0109. The summed E-state index contributed by atoms with van der Waals surface area (Å²) in [6, 6.07) is 15.4. The monoisotopic (exact) mass is 382 g/mol. The molecular weight excluding hydrogens is 352 g/mol. The molecule has 0 saturated carbocycles. The fraction of sp³-hybridized carbons (Fsp3) is 0.435. The Labute approximate surface area is 167 Å². The number of carbonyl (C=O) groups excluding carboxylic acids is 1. The summed E-state index contributed by atoms with van der Waals surface area (Å²) < 4.78 is 11.5. The number of rotatable bonds is 8. The molecule has 1 saturated heterocycles. The van der Waals surface area contributed by atoms with Gasteiger partial charge in [0.1, 0.15) is 5.75 Å². The summed E-state index contributed by atoms with van der Waals surface area (Å²) in [5.74, 6) is 2.00. The van der Waals surface area contributed by atoms with Crippen molar-refractivity contribution in [2.75, 3.05) is 38.2 Å². The Kier molecular flexibility index (Phi) is 7.46. The number of likely N-dealkylation sites (tertiary alicyclic amines) is 1. The van der Waals surface area contributed by atoms with Crippen molar-refractivity contribution in [1.29, 1.82) is 0 Å². The van der Waals surface area contributed by atoms with E-state index in [9.17, 15) is 4.79 Å². The SMILES string of the molecule is CCOCC1CCN(CC(=O)Nc2ccccc2Oc2ccc(C)cc2)CC1. The Morgan fingerprint density at radius 1 is 1.11 bits per heavy atom. The second-order valence-corrected chi connectivity index (χ2v) is 7.34. The summed E-state index contributed by atoms with van der Waals surface area (Å²) in [5, 5.41) is 3.00. The van der Waals surface area contributed by atoms with Gasteiger partial charge in [0, 0.05) is 13.2 Å². The van der Waals surface area contributed by atoms with Crippen LogP contribution in [0.25, 0.3) is 0 Å². The first-order valence-electron chi connectivity index (χ1n) is 10.1. The fourth-order valence-corrected chi connectivity index (χ4v) is 3.38. The number of hydrogen-bond donors (Lipinski definition) is 1. The molecule has 5 heteroatoms. The van der Waals surface area contributed by atoms with Crippen LogP contribution in [0.3, 0.4) is 0 Å². The molecule has 150 valence electrons. The van der Waals surface area contributed by atoms with Crippen molar-refractivity contribution in [2.24, 2.45) is 5.92 Å². The van der Waals surface area contributed by atoms with Gasteiger partial charge in [-0.25, -0.2) is 0 Å². The molecule has 5 nitrogen and oxygen atoms in total. The normalized spacial score (nSPS) is 15.4. The minimum atomic E-state index is -0.0109. The van der Waals surface area contributed by atoms with Gasteiger partial charge in [0.2, 0.25) is 5.91 Å². The van der Waals surface area contributed by atoms with Gasteiger partial charge in [-0.1, -0.05) is 29.8 Å². The topological polar surface area (TPSA) is 50.8 Å². The largest absolute Gasteiger partial charge is 0.455 e. The Bertz CT molecular complexity index is 753. The molecule has 1 fully saturated rings. The molecule has 1 aliphatic rings. The highest BCUT2D eigenvalue weighted by Crippen LogP contribution is 2.29. The number of benzene rings is 2. The van der Waals surface area contributed by atoms with Gasteiger partial charge in [-0.2, -0.15) is 0 Å². The predicted molar refractivity (Wildman–Crippen MR) is 112 cm³/mol. The lowest BCUT2D eigenvalue weighted by Crippen LogP contribution is -2.40. The van der Waals surface area contributed by atoms with Gasteiger partial charge < -0.3 is 14.8 Å². The van der Waals surface area contributed by atoms with Crippen LogP contribution in [0.5, 0.6) is 11.5 Å². The molecule has 1 aliphatic heterocycles. The number of amides is 1. The number of anilines is 1. The van der Waals surface area contributed by atoms with Crippen molar-refractivity contribution < 1.29 is 14.3 Å². The van der Waals surface area contributed by atoms with E-state index in [1.165, 1.54) is 5.56 Å². The Balaban J connectivity index is 1.52. The maximum Gasteiger partial charge on any atom is 0.238 e. The summed E-state index contributed by atoms with van der Waals surface area (Å²) in [5.41, 5.74) is 1.87. The second-order valence-electron chi connectivity index (χ2n) is 7.34. The van der Waals surface area contributed by atoms with Gasteiger partial charge >= 0.3 is 0 Å². The van der Waals surface area contributed by atoms with E-state index in [0.29, 0.717) is 23.9 Å². The third kappa shape index (κ3) is 6.08. The van der Waals surface area contributed by atoms with Crippen molar-refractivity contribution in [3.05, 3.63) is 54.1 Å². The van der Waals surface area contributed by atoms with E-state index in [1.54, 1.807) is 0 Å². The third-order valence-electron chi connectivity index (χ3n) is 5.04. The number of hydrogen-bond acceptors (Lipinski definition) is 4. The van der Waals surface area contributed by atoms with Crippen molar-refractivity contribution in [3.63, 3.8) is 0 Å². The minimum Gasteiger partial charge on any atom is -0.455 e. The van der Waals surface area contributed by atoms with Gasteiger partial charge in [0.25, 0.3) is 0 Å². The highest BCUT2D eigenvalue weighted by atomic mass is 16.5. The number of ether oxygens (including phenoxy) is 2. The molecule has 0 atom stereocenters. The van der Waals surface area contributed by atoms with Crippen LogP contribution in [-0.2, 0) is 9.53 Å². The molecule has 3 rings (SSSR count). The van der Waals surface area contributed by atoms with Gasteiger partial charge in [-0.3, -0.25) is 9.69 Å². The van der Waals surface area contributed by atoms with E-state index in [2.05, 4.69) is 10.2 Å². The molecule has 0 bridgehead atoms. The van der Waals surface area contributed by atoms with E-state index < -0.39 is 0 Å². The molecule has 0 radical (unpaired) electrons. The van der Waals surface area contributed by atoms with Crippen LogP contribution in [-0.4, -0.2) is 43.7 Å². The number of piperidine rings is 1. The van der Waals surface area contributed by atoms with E-state index in [1.807, 2.05) is 62.4 Å². The Hall–Kier alpha value is -2.37. The summed E-state index contributed by atoms with van der Waals surface area (Å²) >= 11 is 0. The molecule has 0 unspecified atom stereocenters. The molecule has 0 aliphatic carbocycles. The maximum atomic E-state index is 12.6. The van der Waals surface area contributed by atoms with Crippen LogP contribution < -0.4 is 10.1 Å². The molecule has 1 N–H and O–H groups in total. The lowest BCUT2D eigenvalue weighted by atomic mass is 9.98. The summed E-state index contributed by atoms with van der Waals surface area (Å²) in [4.78, 5) is 14.8. The highest BCUT2D eigenvalue weighted by molar-refractivity contribution is 5.93. The van der Waals surface area contributed by atoms with E-state index in [-0.39, 0.29) is 5.91 Å². The number of para-hydroxylation sites is 2. The lowest BCUT2D eigenvalue weighted by Gasteiger charge is -2.31.